The first-order chi connectivity index (χ1) is 6.09. The fraction of sp³-hybridized carbons (Fsp3) is 1.00. The molecule has 1 nitrogen and oxygen atoms in total. The minimum Gasteiger partial charge on any atom is -0.338 e. The van der Waals surface area contributed by atoms with Gasteiger partial charge in [0, 0.05) is 0 Å². The highest BCUT2D eigenvalue weighted by Gasteiger charge is 2.46. The Morgan fingerprint density at radius 3 is 2.00 bits per heavy atom. The molecule has 0 amide bonds. The third-order valence-corrected chi connectivity index (χ3v) is 4.61. The SMILES string of the molecule is CCC(OC(F)C(F)(F)F)[Si](C)(Cl)Cl. The first-order valence-corrected chi connectivity index (χ1v) is 8.43. The van der Waals surface area contributed by atoms with Crippen LogP contribution in [0.5, 0.6) is 0 Å². The standard InChI is InChI=1S/C6H10Cl2F4OSi/c1-3-4(14(2,7)8)13-5(9)6(10,11)12/h4-5H,3H2,1-2H3. The van der Waals surface area contributed by atoms with Crippen LogP contribution in [0, 0.1) is 0 Å². The maximum absolute atomic E-state index is 12.4. The first kappa shape index (κ1) is 14.5. The fourth-order valence-electron chi connectivity index (χ4n) is 0.796. The topological polar surface area (TPSA) is 9.23 Å². The van der Waals surface area contributed by atoms with Crippen molar-refractivity contribution in [2.75, 3.05) is 0 Å². The molecule has 0 radical (unpaired) electrons. The summed E-state index contributed by atoms with van der Waals surface area (Å²) in [5, 5.41) is 0. The molecule has 2 atom stereocenters. The number of rotatable bonds is 4. The van der Waals surface area contributed by atoms with E-state index < -0.39 is 25.0 Å². The largest absolute Gasteiger partial charge is 0.445 e. The molecule has 0 saturated carbocycles. The predicted molar refractivity (Wildman–Crippen MR) is 49.4 cm³/mol. The van der Waals surface area contributed by atoms with Gasteiger partial charge in [0.2, 0.25) is 0 Å². The molecular formula is C6H10Cl2F4OSi. The molecule has 0 rings (SSSR count). The highest BCUT2D eigenvalue weighted by molar-refractivity contribution is 7.45. The van der Waals surface area contributed by atoms with Gasteiger partial charge in [-0.2, -0.15) is 13.2 Å². The highest BCUT2D eigenvalue weighted by atomic mass is 35.7. The third-order valence-electron chi connectivity index (χ3n) is 1.48. The maximum atomic E-state index is 12.4. The van der Waals surface area contributed by atoms with Crippen LogP contribution in [0.2, 0.25) is 6.55 Å². The van der Waals surface area contributed by atoms with Crippen molar-refractivity contribution < 1.29 is 22.3 Å². The van der Waals surface area contributed by atoms with Crippen molar-refractivity contribution in [3.63, 3.8) is 0 Å². The van der Waals surface area contributed by atoms with Crippen LogP contribution in [0.4, 0.5) is 17.6 Å². The van der Waals surface area contributed by atoms with Crippen LogP contribution in [-0.4, -0.2) is 25.0 Å². The smallest absolute Gasteiger partial charge is 0.338 e. The molecule has 86 valence electrons. The van der Waals surface area contributed by atoms with Crippen LogP contribution in [0.1, 0.15) is 13.3 Å². The van der Waals surface area contributed by atoms with Crippen molar-refractivity contribution in [2.24, 2.45) is 0 Å². The minimum atomic E-state index is -5.03. The van der Waals surface area contributed by atoms with E-state index in [9.17, 15) is 17.6 Å². The molecule has 0 N–H and O–H groups in total. The van der Waals surface area contributed by atoms with Gasteiger partial charge in [0.1, 0.15) is 0 Å². The molecule has 2 unspecified atom stereocenters. The second-order valence-electron chi connectivity index (χ2n) is 2.85. The van der Waals surface area contributed by atoms with Gasteiger partial charge in [-0.15, -0.1) is 22.2 Å². The third kappa shape index (κ3) is 4.81. The molecule has 14 heavy (non-hydrogen) atoms. The number of hydrogen-bond donors (Lipinski definition) is 0. The summed E-state index contributed by atoms with van der Waals surface area (Å²) in [6.45, 7) is -0.0322. The summed E-state index contributed by atoms with van der Waals surface area (Å²) in [6.07, 6.45) is -8.20. The van der Waals surface area contributed by atoms with Gasteiger partial charge >= 0.3 is 6.18 Å². The molecule has 0 aromatic carbocycles. The van der Waals surface area contributed by atoms with Crippen LogP contribution in [0.3, 0.4) is 0 Å². The van der Waals surface area contributed by atoms with Crippen LogP contribution in [0.25, 0.3) is 0 Å². The number of halogens is 6. The van der Waals surface area contributed by atoms with Gasteiger partial charge in [-0.05, 0) is 13.0 Å². The normalized spacial score (nSPS) is 18.0. The summed E-state index contributed by atoms with van der Waals surface area (Å²) in [6, 6.07) is 0. The van der Waals surface area contributed by atoms with Crippen molar-refractivity contribution in [3.8, 4) is 0 Å². The Kier molecular flexibility index (Phi) is 5.17. The summed E-state index contributed by atoms with van der Waals surface area (Å²) < 4.78 is 51.9. The monoisotopic (exact) mass is 272 g/mol. The molecule has 0 aliphatic heterocycles. The van der Waals surface area contributed by atoms with E-state index >= 15 is 0 Å². The summed E-state index contributed by atoms with van der Waals surface area (Å²) >= 11 is 11.3. The molecule has 0 spiro atoms. The van der Waals surface area contributed by atoms with Gasteiger partial charge < -0.3 is 4.74 Å². The van der Waals surface area contributed by atoms with Gasteiger partial charge in [-0.25, -0.2) is 4.39 Å². The minimum absolute atomic E-state index is 0.145. The van der Waals surface area contributed by atoms with Crippen molar-refractivity contribution in [3.05, 3.63) is 0 Å². The lowest BCUT2D eigenvalue weighted by Crippen LogP contribution is -2.41. The first-order valence-electron chi connectivity index (χ1n) is 3.83. The zero-order chi connectivity index (χ0) is 11.6. The van der Waals surface area contributed by atoms with Gasteiger partial charge in [-0.3, -0.25) is 0 Å². The number of alkyl halides is 4. The molecule has 0 bridgehead atoms. The molecule has 0 aliphatic carbocycles. The van der Waals surface area contributed by atoms with E-state index in [0.29, 0.717) is 0 Å². The van der Waals surface area contributed by atoms with Crippen LogP contribution in [0.15, 0.2) is 0 Å². The van der Waals surface area contributed by atoms with E-state index in [2.05, 4.69) is 4.74 Å². The Balaban J connectivity index is 4.34. The number of hydrogen-bond acceptors (Lipinski definition) is 1. The Morgan fingerprint density at radius 2 is 1.79 bits per heavy atom. The zero-order valence-electron chi connectivity index (χ0n) is 7.54. The van der Waals surface area contributed by atoms with Gasteiger partial charge in [0.05, 0.1) is 5.73 Å². The van der Waals surface area contributed by atoms with E-state index in [0.717, 1.165) is 0 Å². The van der Waals surface area contributed by atoms with Crippen molar-refractivity contribution in [1.29, 1.82) is 0 Å². The molecule has 8 heteroatoms. The van der Waals surface area contributed by atoms with Gasteiger partial charge in [-0.1, -0.05) is 6.92 Å². The quantitative estimate of drug-likeness (QED) is 0.431. The summed E-state index contributed by atoms with van der Waals surface area (Å²) in [5.41, 5.74) is -1.07. The van der Waals surface area contributed by atoms with Crippen molar-refractivity contribution in [1.82, 2.24) is 0 Å². The summed E-state index contributed by atoms with van der Waals surface area (Å²) in [5.74, 6) is 0. The van der Waals surface area contributed by atoms with Crippen molar-refractivity contribution >= 4 is 28.9 Å². The lowest BCUT2D eigenvalue weighted by molar-refractivity contribution is -0.269. The molecule has 0 heterocycles. The average Bonchev–Trinajstić information content (AvgIpc) is 1.95. The Labute approximate surface area is 89.7 Å². The molecule has 0 saturated heterocycles. The summed E-state index contributed by atoms with van der Waals surface area (Å²) in [7, 11) is 0. The lowest BCUT2D eigenvalue weighted by atomic mass is 10.5. The Morgan fingerprint density at radius 1 is 1.36 bits per heavy atom. The Hall–Kier alpha value is 0.477. The van der Waals surface area contributed by atoms with Crippen LogP contribution >= 0.6 is 22.2 Å². The van der Waals surface area contributed by atoms with E-state index in [-0.39, 0.29) is 6.42 Å². The molecule has 0 fully saturated rings. The Bertz CT molecular complexity index is 182. The van der Waals surface area contributed by atoms with E-state index in [1.807, 2.05) is 0 Å². The highest BCUT2D eigenvalue weighted by Crippen LogP contribution is 2.30. The fourth-order valence-corrected chi connectivity index (χ4v) is 3.11. The second kappa shape index (κ2) is 5.00. The van der Waals surface area contributed by atoms with E-state index in [4.69, 9.17) is 22.2 Å². The average molecular weight is 273 g/mol. The maximum Gasteiger partial charge on any atom is 0.445 e. The molecule has 0 aliphatic rings. The van der Waals surface area contributed by atoms with Crippen LogP contribution < -0.4 is 0 Å². The lowest BCUT2D eigenvalue weighted by Gasteiger charge is -2.25. The van der Waals surface area contributed by atoms with Crippen LogP contribution in [-0.2, 0) is 4.74 Å². The molecule has 0 aromatic rings. The second-order valence-corrected chi connectivity index (χ2v) is 10.7. The number of ether oxygens (including phenoxy) is 1. The van der Waals surface area contributed by atoms with Gasteiger partial charge in [0.15, 0.2) is 0 Å². The predicted octanol–water partition coefficient (Wildman–Crippen LogP) is 3.73. The molecular weight excluding hydrogens is 263 g/mol. The van der Waals surface area contributed by atoms with Crippen molar-refractivity contribution in [2.45, 2.75) is 38.2 Å². The molecule has 0 aromatic heterocycles. The van der Waals surface area contributed by atoms with E-state index in [1.165, 1.54) is 13.5 Å². The van der Waals surface area contributed by atoms with Gasteiger partial charge in [0.25, 0.3) is 13.1 Å². The zero-order valence-corrected chi connectivity index (χ0v) is 10.0. The summed E-state index contributed by atoms with van der Waals surface area (Å²) in [4.78, 5) is 0. The van der Waals surface area contributed by atoms with E-state index in [1.54, 1.807) is 0 Å².